The first-order valence-electron chi connectivity index (χ1n) is 8.23. The minimum Gasteiger partial charge on any atom is -0.365 e. The Kier molecular flexibility index (Phi) is 5.80. The minimum atomic E-state index is -0.475. The Balaban J connectivity index is 1.97. The van der Waals surface area contributed by atoms with E-state index in [0.717, 1.165) is 5.69 Å². The second-order valence-corrected chi connectivity index (χ2v) is 7.02. The molecule has 0 aromatic heterocycles. The van der Waals surface area contributed by atoms with Crippen LogP contribution in [0.3, 0.4) is 0 Å². The van der Waals surface area contributed by atoms with Crippen LogP contribution >= 0.6 is 0 Å². The fraction of sp³-hybridized carbons (Fsp3) is 0.300. The van der Waals surface area contributed by atoms with E-state index in [-0.39, 0.29) is 18.4 Å². The van der Waals surface area contributed by atoms with Gasteiger partial charge in [-0.05, 0) is 30.3 Å². The van der Waals surface area contributed by atoms with E-state index < -0.39 is 5.41 Å². The van der Waals surface area contributed by atoms with Gasteiger partial charge >= 0.3 is 0 Å². The summed E-state index contributed by atoms with van der Waals surface area (Å²) in [7, 11) is 1.87. The molecule has 0 saturated heterocycles. The zero-order chi connectivity index (χ0) is 18.4. The van der Waals surface area contributed by atoms with E-state index in [9.17, 15) is 9.59 Å². The molecule has 2 aromatic rings. The van der Waals surface area contributed by atoms with Gasteiger partial charge in [-0.25, -0.2) is 0 Å². The lowest BCUT2D eigenvalue weighted by Gasteiger charge is -2.19. The summed E-state index contributed by atoms with van der Waals surface area (Å²) in [5.74, 6) is -0.189. The quantitative estimate of drug-likeness (QED) is 0.872. The predicted octanol–water partition coefficient (Wildman–Crippen LogP) is 3.75. The van der Waals surface area contributed by atoms with Crippen molar-refractivity contribution in [2.24, 2.45) is 5.41 Å². The van der Waals surface area contributed by atoms with Crippen molar-refractivity contribution in [1.82, 2.24) is 0 Å². The van der Waals surface area contributed by atoms with E-state index in [2.05, 4.69) is 10.6 Å². The number of likely N-dealkylation sites (N-methyl/N-ethyl adjacent to an activating group) is 1. The second-order valence-electron chi connectivity index (χ2n) is 7.02. The molecular formula is C20H25N3O2. The number of carbonyl (C=O) groups excluding carboxylic acids is 2. The van der Waals surface area contributed by atoms with Crippen molar-refractivity contribution in [2.75, 3.05) is 29.1 Å². The molecule has 0 aliphatic carbocycles. The first-order chi connectivity index (χ1) is 11.8. The third-order valence-corrected chi connectivity index (χ3v) is 3.66. The molecule has 25 heavy (non-hydrogen) atoms. The monoisotopic (exact) mass is 339 g/mol. The van der Waals surface area contributed by atoms with Crippen LogP contribution in [-0.4, -0.2) is 25.4 Å². The molecule has 2 amide bonds. The highest BCUT2D eigenvalue weighted by Gasteiger charge is 2.21. The van der Waals surface area contributed by atoms with Gasteiger partial charge in [-0.15, -0.1) is 0 Å². The first-order valence-corrected chi connectivity index (χ1v) is 8.23. The lowest BCUT2D eigenvalue weighted by Crippen LogP contribution is -2.30. The standard InChI is InChI=1S/C20H25N3O2/c1-20(2,3)19(25)22-16-10-8-9-15(13-16)21-18(24)14-23(4)17-11-6-5-7-12-17/h5-13H,14H2,1-4H3,(H,21,24)(H,22,25). The van der Waals surface area contributed by atoms with E-state index in [1.165, 1.54) is 0 Å². The topological polar surface area (TPSA) is 61.4 Å². The van der Waals surface area contributed by atoms with Gasteiger partial charge in [0.1, 0.15) is 0 Å². The van der Waals surface area contributed by atoms with Crippen LogP contribution < -0.4 is 15.5 Å². The van der Waals surface area contributed by atoms with Crippen molar-refractivity contribution in [3.8, 4) is 0 Å². The summed E-state index contributed by atoms with van der Waals surface area (Å²) in [6.45, 7) is 5.80. The van der Waals surface area contributed by atoms with Gasteiger partial charge in [0.15, 0.2) is 0 Å². The van der Waals surface area contributed by atoms with Crippen molar-refractivity contribution in [3.05, 3.63) is 54.6 Å². The number of amides is 2. The van der Waals surface area contributed by atoms with Crippen LogP contribution in [0.15, 0.2) is 54.6 Å². The van der Waals surface area contributed by atoms with Crippen molar-refractivity contribution in [2.45, 2.75) is 20.8 Å². The largest absolute Gasteiger partial charge is 0.365 e. The molecule has 0 saturated carbocycles. The third kappa shape index (κ3) is 5.64. The molecule has 0 fully saturated rings. The highest BCUT2D eigenvalue weighted by molar-refractivity contribution is 5.97. The molecule has 2 N–H and O–H groups in total. The van der Waals surface area contributed by atoms with Crippen molar-refractivity contribution in [1.29, 1.82) is 0 Å². The highest BCUT2D eigenvalue weighted by Crippen LogP contribution is 2.20. The molecule has 0 spiro atoms. The summed E-state index contributed by atoms with van der Waals surface area (Å²) in [6.07, 6.45) is 0. The average molecular weight is 339 g/mol. The summed E-state index contributed by atoms with van der Waals surface area (Å²) in [5.41, 5.74) is 1.81. The van der Waals surface area contributed by atoms with Gasteiger partial charge in [0, 0.05) is 29.5 Å². The van der Waals surface area contributed by atoms with Gasteiger partial charge < -0.3 is 15.5 Å². The molecule has 2 aromatic carbocycles. The number of anilines is 3. The van der Waals surface area contributed by atoms with Gasteiger partial charge in [0.2, 0.25) is 11.8 Å². The molecule has 2 rings (SSSR count). The molecule has 0 unspecified atom stereocenters. The van der Waals surface area contributed by atoms with E-state index >= 15 is 0 Å². The van der Waals surface area contributed by atoms with Gasteiger partial charge in [-0.2, -0.15) is 0 Å². The number of benzene rings is 2. The fourth-order valence-electron chi connectivity index (χ4n) is 2.18. The Morgan fingerprint density at radius 2 is 1.52 bits per heavy atom. The molecule has 0 atom stereocenters. The van der Waals surface area contributed by atoms with Crippen LogP contribution in [0.25, 0.3) is 0 Å². The minimum absolute atomic E-state index is 0.0696. The van der Waals surface area contributed by atoms with Crippen LogP contribution in [-0.2, 0) is 9.59 Å². The summed E-state index contributed by atoms with van der Waals surface area (Å²) < 4.78 is 0. The Morgan fingerprint density at radius 1 is 0.920 bits per heavy atom. The van der Waals surface area contributed by atoms with E-state index in [1.54, 1.807) is 24.3 Å². The van der Waals surface area contributed by atoms with Crippen molar-refractivity contribution in [3.63, 3.8) is 0 Å². The molecule has 0 radical (unpaired) electrons. The maximum Gasteiger partial charge on any atom is 0.243 e. The molecule has 5 heteroatoms. The maximum absolute atomic E-state index is 12.2. The number of para-hydroxylation sites is 1. The molecule has 0 heterocycles. The SMILES string of the molecule is CN(CC(=O)Nc1cccc(NC(=O)C(C)(C)C)c1)c1ccccc1. The second kappa shape index (κ2) is 7.83. The average Bonchev–Trinajstić information content (AvgIpc) is 2.55. The third-order valence-electron chi connectivity index (χ3n) is 3.66. The van der Waals surface area contributed by atoms with Gasteiger partial charge in [0.05, 0.1) is 6.54 Å². The van der Waals surface area contributed by atoms with Crippen LogP contribution in [0.5, 0.6) is 0 Å². The Labute approximate surface area is 149 Å². The zero-order valence-corrected chi connectivity index (χ0v) is 15.2. The molecule has 0 aliphatic heterocycles. The summed E-state index contributed by atoms with van der Waals surface area (Å²) in [5, 5.41) is 5.72. The van der Waals surface area contributed by atoms with Gasteiger partial charge in [0.25, 0.3) is 0 Å². The first kappa shape index (κ1) is 18.5. The van der Waals surface area contributed by atoms with Crippen molar-refractivity contribution < 1.29 is 9.59 Å². The lowest BCUT2D eigenvalue weighted by atomic mass is 9.95. The normalized spacial score (nSPS) is 10.9. The predicted molar refractivity (Wildman–Crippen MR) is 103 cm³/mol. The van der Waals surface area contributed by atoms with E-state index in [0.29, 0.717) is 11.4 Å². The number of hydrogen-bond donors (Lipinski definition) is 2. The van der Waals surface area contributed by atoms with Crippen molar-refractivity contribution >= 4 is 28.9 Å². The summed E-state index contributed by atoms with van der Waals surface area (Å²) in [4.78, 5) is 26.2. The Morgan fingerprint density at radius 3 is 2.12 bits per heavy atom. The number of carbonyl (C=O) groups is 2. The molecule has 5 nitrogen and oxygen atoms in total. The number of nitrogens with one attached hydrogen (secondary N) is 2. The van der Waals surface area contributed by atoms with E-state index in [4.69, 9.17) is 0 Å². The van der Waals surface area contributed by atoms with Gasteiger partial charge in [-0.1, -0.05) is 45.0 Å². The highest BCUT2D eigenvalue weighted by atomic mass is 16.2. The van der Waals surface area contributed by atoms with Crippen LogP contribution in [0.1, 0.15) is 20.8 Å². The van der Waals surface area contributed by atoms with Crippen LogP contribution in [0.2, 0.25) is 0 Å². The zero-order valence-electron chi connectivity index (χ0n) is 15.2. The molecular weight excluding hydrogens is 314 g/mol. The number of hydrogen-bond acceptors (Lipinski definition) is 3. The molecule has 0 bridgehead atoms. The fourth-order valence-corrected chi connectivity index (χ4v) is 2.18. The number of rotatable bonds is 5. The maximum atomic E-state index is 12.2. The van der Waals surface area contributed by atoms with Crippen LogP contribution in [0, 0.1) is 5.41 Å². The van der Waals surface area contributed by atoms with E-state index in [1.807, 2.05) is 63.1 Å². The Bertz CT molecular complexity index is 736. The van der Waals surface area contributed by atoms with Gasteiger partial charge in [-0.3, -0.25) is 9.59 Å². The smallest absolute Gasteiger partial charge is 0.243 e. The molecule has 132 valence electrons. The summed E-state index contributed by atoms with van der Waals surface area (Å²) in [6, 6.07) is 16.9. The molecule has 0 aliphatic rings. The van der Waals surface area contributed by atoms with Crippen LogP contribution in [0.4, 0.5) is 17.1 Å². The number of nitrogens with zero attached hydrogens (tertiary/aromatic N) is 1. The summed E-state index contributed by atoms with van der Waals surface area (Å²) >= 11 is 0. The lowest BCUT2D eigenvalue weighted by molar-refractivity contribution is -0.123. The Hall–Kier alpha value is -2.82.